The van der Waals surface area contributed by atoms with Crippen LogP contribution in [0, 0.1) is 0 Å². The van der Waals surface area contributed by atoms with E-state index < -0.39 is 0 Å². The molecule has 146 valence electrons. The Labute approximate surface area is 161 Å². The Morgan fingerprint density at radius 1 is 1.15 bits per heavy atom. The van der Waals surface area contributed by atoms with Gasteiger partial charge in [0.25, 0.3) is 0 Å². The smallest absolute Gasteiger partial charge is 0.191 e. The zero-order valence-corrected chi connectivity index (χ0v) is 17.3. The number of hydrogen-bond donors (Lipinski definition) is 2. The second-order valence-electron chi connectivity index (χ2n) is 6.46. The predicted octanol–water partition coefficient (Wildman–Crippen LogP) is 3.05. The molecule has 2 N–H and O–H groups in total. The molecule has 1 saturated heterocycles. The van der Waals surface area contributed by atoms with E-state index in [1.807, 2.05) is 23.9 Å². The number of ether oxygens (including phenoxy) is 3. The summed E-state index contributed by atoms with van der Waals surface area (Å²) in [6.07, 6.45) is 2.53. The Morgan fingerprint density at radius 2 is 1.85 bits per heavy atom. The largest absolute Gasteiger partial charge is 0.496 e. The van der Waals surface area contributed by atoms with E-state index in [4.69, 9.17) is 19.2 Å². The van der Waals surface area contributed by atoms with Crippen LogP contribution in [0.1, 0.15) is 32.3 Å². The molecule has 0 amide bonds. The molecule has 1 aliphatic rings. The molecule has 0 aliphatic carbocycles. The first-order chi connectivity index (χ1) is 12.5. The van der Waals surface area contributed by atoms with Gasteiger partial charge < -0.3 is 24.8 Å². The molecule has 0 aromatic heterocycles. The maximum absolute atomic E-state index is 5.51. The Hall–Kier alpha value is -1.76. The molecule has 1 aromatic rings. The predicted molar refractivity (Wildman–Crippen MR) is 109 cm³/mol. The van der Waals surface area contributed by atoms with Crippen molar-refractivity contribution in [3.63, 3.8) is 0 Å². The average molecular weight is 382 g/mol. The third kappa shape index (κ3) is 5.37. The van der Waals surface area contributed by atoms with Crippen LogP contribution in [0.15, 0.2) is 17.1 Å². The highest BCUT2D eigenvalue weighted by Gasteiger charge is 2.29. The molecular formula is C19H31N3O3S. The fourth-order valence-corrected chi connectivity index (χ4v) is 4.22. The van der Waals surface area contributed by atoms with Crippen molar-refractivity contribution in [2.24, 2.45) is 4.99 Å². The summed E-state index contributed by atoms with van der Waals surface area (Å²) in [5.41, 5.74) is 0.898. The summed E-state index contributed by atoms with van der Waals surface area (Å²) in [5, 5.41) is 6.80. The van der Waals surface area contributed by atoms with Crippen molar-refractivity contribution in [3.8, 4) is 17.2 Å². The number of hydrogen-bond acceptors (Lipinski definition) is 5. The minimum Gasteiger partial charge on any atom is -0.496 e. The van der Waals surface area contributed by atoms with Gasteiger partial charge >= 0.3 is 0 Å². The van der Waals surface area contributed by atoms with Gasteiger partial charge in [0.05, 0.1) is 33.4 Å². The lowest BCUT2D eigenvalue weighted by molar-refractivity contribution is 0.369. The number of nitrogens with zero attached hydrogens (tertiary/aromatic N) is 1. The van der Waals surface area contributed by atoms with Crippen molar-refractivity contribution < 1.29 is 14.2 Å². The van der Waals surface area contributed by atoms with Crippen LogP contribution in [0.25, 0.3) is 0 Å². The number of aliphatic imine (C=N–C) groups is 1. The number of thioether (sulfide) groups is 1. The van der Waals surface area contributed by atoms with Crippen LogP contribution >= 0.6 is 11.8 Å². The van der Waals surface area contributed by atoms with E-state index >= 15 is 0 Å². The summed E-state index contributed by atoms with van der Waals surface area (Å²) in [5.74, 6) is 4.16. The zero-order chi connectivity index (χ0) is 19.0. The molecule has 1 heterocycles. The SMILES string of the molecule is CCNC(=NCc1c(OC)cc(OC)cc1OC)NCC1(C)CCCS1. The van der Waals surface area contributed by atoms with Crippen LogP contribution < -0.4 is 24.8 Å². The topological polar surface area (TPSA) is 64.1 Å². The van der Waals surface area contributed by atoms with E-state index in [2.05, 4.69) is 24.5 Å². The van der Waals surface area contributed by atoms with Crippen LogP contribution in [0.3, 0.4) is 0 Å². The third-order valence-corrected chi connectivity index (χ3v) is 6.03. The van der Waals surface area contributed by atoms with E-state index in [-0.39, 0.29) is 4.75 Å². The maximum atomic E-state index is 5.51. The number of guanidine groups is 1. The molecule has 1 fully saturated rings. The Balaban J connectivity index is 2.15. The van der Waals surface area contributed by atoms with E-state index in [0.717, 1.165) is 24.6 Å². The first-order valence-corrected chi connectivity index (χ1v) is 9.98. The Bertz CT molecular complexity index is 591. The Morgan fingerprint density at radius 3 is 2.35 bits per heavy atom. The quantitative estimate of drug-likeness (QED) is 0.533. The second-order valence-corrected chi connectivity index (χ2v) is 8.14. The summed E-state index contributed by atoms with van der Waals surface area (Å²) in [4.78, 5) is 4.73. The van der Waals surface area contributed by atoms with Crippen LogP contribution in [0.2, 0.25) is 0 Å². The first kappa shape index (κ1) is 20.6. The molecule has 0 radical (unpaired) electrons. The molecule has 7 heteroatoms. The molecule has 1 aromatic carbocycles. The lowest BCUT2D eigenvalue weighted by Crippen LogP contribution is -2.43. The zero-order valence-electron chi connectivity index (χ0n) is 16.5. The normalized spacial score (nSPS) is 20.0. The average Bonchev–Trinajstić information content (AvgIpc) is 3.10. The van der Waals surface area contributed by atoms with Crippen molar-refractivity contribution in [1.82, 2.24) is 10.6 Å². The van der Waals surface area contributed by atoms with Crippen LogP contribution in [-0.2, 0) is 6.54 Å². The molecule has 0 bridgehead atoms. The van der Waals surface area contributed by atoms with Gasteiger partial charge in [-0.2, -0.15) is 11.8 Å². The minimum atomic E-state index is 0.283. The monoisotopic (exact) mass is 381 g/mol. The fourth-order valence-electron chi connectivity index (χ4n) is 2.98. The standard InChI is InChI=1S/C19H31N3O3S/c1-6-20-18(22-13-19(2)8-7-9-26-19)21-12-15-16(24-4)10-14(23-3)11-17(15)25-5/h10-11H,6-9,12-13H2,1-5H3,(H2,20,21,22). The molecule has 1 atom stereocenters. The summed E-state index contributed by atoms with van der Waals surface area (Å²) in [7, 11) is 4.91. The molecule has 1 aliphatic heterocycles. The highest BCUT2D eigenvalue weighted by molar-refractivity contribution is 8.00. The third-order valence-electron chi connectivity index (χ3n) is 4.49. The second kappa shape index (κ2) is 9.80. The molecule has 0 saturated carbocycles. The highest BCUT2D eigenvalue weighted by atomic mass is 32.2. The van der Waals surface area contributed by atoms with Gasteiger partial charge in [-0.15, -0.1) is 0 Å². The summed E-state index contributed by atoms with van der Waals surface area (Å²) in [6, 6.07) is 3.70. The molecular weight excluding hydrogens is 350 g/mol. The van der Waals surface area contributed by atoms with Crippen molar-refractivity contribution in [3.05, 3.63) is 17.7 Å². The van der Waals surface area contributed by atoms with E-state index in [9.17, 15) is 0 Å². The summed E-state index contributed by atoms with van der Waals surface area (Å²) >= 11 is 2.04. The van der Waals surface area contributed by atoms with Crippen molar-refractivity contribution in [2.75, 3.05) is 40.2 Å². The van der Waals surface area contributed by atoms with Gasteiger partial charge in [-0.25, -0.2) is 4.99 Å². The Kier molecular flexibility index (Phi) is 7.75. The van der Waals surface area contributed by atoms with Gasteiger partial charge in [0.1, 0.15) is 17.2 Å². The summed E-state index contributed by atoms with van der Waals surface area (Å²) in [6.45, 7) is 6.55. The lowest BCUT2D eigenvalue weighted by atomic mass is 10.1. The molecule has 6 nitrogen and oxygen atoms in total. The van der Waals surface area contributed by atoms with Crippen molar-refractivity contribution in [2.45, 2.75) is 38.0 Å². The van der Waals surface area contributed by atoms with E-state index in [1.54, 1.807) is 21.3 Å². The van der Waals surface area contributed by atoms with Gasteiger partial charge in [-0.05, 0) is 32.4 Å². The molecule has 26 heavy (non-hydrogen) atoms. The van der Waals surface area contributed by atoms with Crippen LogP contribution in [0.4, 0.5) is 0 Å². The van der Waals surface area contributed by atoms with Gasteiger partial charge in [0.15, 0.2) is 5.96 Å². The van der Waals surface area contributed by atoms with Gasteiger partial charge in [-0.1, -0.05) is 0 Å². The minimum absolute atomic E-state index is 0.283. The summed E-state index contributed by atoms with van der Waals surface area (Å²) < 4.78 is 16.6. The van der Waals surface area contributed by atoms with Gasteiger partial charge in [0, 0.05) is 30.0 Å². The van der Waals surface area contributed by atoms with Gasteiger partial charge in [-0.3, -0.25) is 0 Å². The number of benzene rings is 1. The van der Waals surface area contributed by atoms with Crippen molar-refractivity contribution in [1.29, 1.82) is 0 Å². The van der Waals surface area contributed by atoms with Gasteiger partial charge in [0.2, 0.25) is 0 Å². The lowest BCUT2D eigenvalue weighted by Gasteiger charge is -2.24. The van der Waals surface area contributed by atoms with E-state index in [0.29, 0.717) is 23.8 Å². The number of methoxy groups -OCH3 is 3. The molecule has 2 rings (SSSR count). The highest BCUT2D eigenvalue weighted by Crippen LogP contribution is 2.37. The molecule has 0 spiro atoms. The van der Waals surface area contributed by atoms with Crippen LogP contribution in [0.5, 0.6) is 17.2 Å². The number of nitrogens with one attached hydrogen (secondary N) is 2. The van der Waals surface area contributed by atoms with Crippen molar-refractivity contribution >= 4 is 17.7 Å². The number of rotatable bonds is 8. The maximum Gasteiger partial charge on any atom is 0.191 e. The first-order valence-electron chi connectivity index (χ1n) is 9.00. The fraction of sp³-hybridized carbons (Fsp3) is 0.632. The van der Waals surface area contributed by atoms with Crippen LogP contribution in [-0.4, -0.2) is 50.9 Å². The van der Waals surface area contributed by atoms with E-state index in [1.165, 1.54) is 18.6 Å². The molecule has 1 unspecified atom stereocenters.